The van der Waals surface area contributed by atoms with Gasteiger partial charge in [0.05, 0.1) is 0 Å². The molecule has 17 heavy (non-hydrogen) atoms. The van der Waals surface area contributed by atoms with Gasteiger partial charge in [-0.3, -0.25) is 0 Å². The Bertz CT molecular complexity index is 395. The summed E-state index contributed by atoms with van der Waals surface area (Å²) >= 11 is 0. The van der Waals surface area contributed by atoms with Gasteiger partial charge in [0.1, 0.15) is 0 Å². The number of hydrogen-bond donors (Lipinski definition) is 0. The van der Waals surface area contributed by atoms with Crippen LogP contribution in [0.5, 0.6) is 0 Å². The van der Waals surface area contributed by atoms with E-state index in [4.69, 9.17) is 0 Å². The second-order valence-corrected chi connectivity index (χ2v) is 9.02. The van der Waals surface area contributed by atoms with Crippen LogP contribution in [0.15, 0.2) is 0 Å². The molecule has 6 atom stereocenters. The van der Waals surface area contributed by atoms with E-state index in [9.17, 15) is 0 Å². The maximum absolute atomic E-state index is 2.61. The van der Waals surface area contributed by atoms with E-state index in [0.29, 0.717) is 27.1 Å². The van der Waals surface area contributed by atoms with E-state index < -0.39 is 0 Å². The topological polar surface area (TPSA) is 0 Å². The lowest BCUT2D eigenvalue weighted by atomic mass is 9.23. The Hall–Kier alpha value is 0. The van der Waals surface area contributed by atoms with Gasteiger partial charge in [0, 0.05) is 0 Å². The lowest BCUT2D eigenvalue weighted by Gasteiger charge is -2.80. The maximum Gasteiger partial charge on any atom is -0.0174 e. The van der Waals surface area contributed by atoms with Crippen molar-refractivity contribution in [1.29, 1.82) is 0 Å². The van der Waals surface area contributed by atoms with E-state index in [1.807, 2.05) is 0 Å². The van der Waals surface area contributed by atoms with Crippen LogP contribution in [0.3, 0.4) is 0 Å². The average molecular weight is 234 g/mol. The van der Waals surface area contributed by atoms with Crippen molar-refractivity contribution in [1.82, 2.24) is 0 Å². The smallest absolute Gasteiger partial charge is 0.0174 e. The molecular weight excluding hydrogens is 204 g/mol. The van der Waals surface area contributed by atoms with Crippen molar-refractivity contribution in [2.45, 2.75) is 68.2 Å². The summed E-state index contributed by atoms with van der Waals surface area (Å²) in [6, 6.07) is 0. The number of fused-ring (bicyclic) bond motifs is 1. The molecule has 2 bridgehead atoms. The molecular formula is C17H30. The molecule has 0 amide bonds. The molecule has 6 unspecified atom stereocenters. The van der Waals surface area contributed by atoms with Crippen LogP contribution in [-0.2, 0) is 0 Å². The Kier molecular flexibility index (Phi) is 1.77. The van der Waals surface area contributed by atoms with Gasteiger partial charge in [0.25, 0.3) is 0 Å². The van der Waals surface area contributed by atoms with Crippen LogP contribution in [0.1, 0.15) is 68.2 Å². The highest BCUT2D eigenvalue weighted by Crippen LogP contribution is 2.92. The lowest BCUT2D eigenvalue weighted by Crippen LogP contribution is -2.76. The van der Waals surface area contributed by atoms with Gasteiger partial charge < -0.3 is 0 Å². The summed E-state index contributed by atoms with van der Waals surface area (Å²) in [5.74, 6) is 1.76. The fourth-order valence-corrected chi connectivity index (χ4v) is 7.65. The zero-order valence-electron chi connectivity index (χ0n) is 13.1. The molecule has 0 aromatic carbocycles. The van der Waals surface area contributed by atoms with Crippen molar-refractivity contribution in [3.8, 4) is 0 Å². The van der Waals surface area contributed by atoms with Crippen LogP contribution in [0.25, 0.3) is 0 Å². The van der Waals surface area contributed by atoms with Gasteiger partial charge in [-0.15, -0.1) is 0 Å². The normalized spacial score (nSPS) is 67.8. The van der Waals surface area contributed by atoms with Crippen LogP contribution in [0, 0.1) is 38.9 Å². The standard InChI is InChI=1S/C17H30/c1-11-9-14(5)10-15(6)13(3,4)16(11,7)17(15,8)12(14)2/h11-12H,9-10H2,1-8H3. The van der Waals surface area contributed by atoms with Crippen molar-refractivity contribution in [2.24, 2.45) is 38.9 Å². The van der Waals surface area contributed by atoms with Crippen molar-refractivity contribution in [2.75, 3.05) is 0 Å². The number of rotatable bonds is 0. The predicted molar refractivity (Wildman–Crippen MR) is 73.8 cm³/mol. The summed E-state index contributed by atoms with van der Waals surface area (Å²) in [7, 11) is 0. The molecule has 3 saturated carbocycles. The molecule has 0 aromatic heterocycles. The Labute approximate surface area is 108 Å². The van der Waals surface area contributed by atoms with Crippen LogP contribution >= 0.6 is 0 Å². The second-order valence-electron chi connectivity index (χ2n) is 9.02. The minimum absolute atomic E-state index is 0.497. The van der Waals surface area contributed by atoms with Gasteiger partial charge in [0.15, 0.2) is 0 Å². The molecule has 3 fully saturated rings. The van der Waals surface area contributed by atoms with E-state index in [-0.39, 0.29) is 0 Å². The molecule has 3 rings (SSSR count). The van der Waals surface area contributed by atoms with Crippen LogP contribution in [0.2, 0.25) is 0 Å². The van der Waals surface area contributed by atoms with Gasteiger partial charge in [-0.1, -0.05) is 55.4 Å². The van der Waals surface area contributed by atoms with Crippen molar-refractivity contribution in [3.05, 3.63) is 0 Å². The van der Waals surface area contributed by atoms with E-state index in [2.05, 4.69) is 55.4 Å². The fourth-order valence-electron chi connectivity index (χ4n) is 7.65. The molecule has 0 saturated heterocycles. The Morgan fingerprint density at radius 2 is 1.35 bits per heavy atom. The van der Waals surface area contributed by atoms with Crippen molar-refractivity contribution >= 4 is 0 Å². The lowest BCUT2D eigenvalue weighted by molar-refractivity contribution is -0.334. The summed E-state index contributed by atoms with van der Waals surface area (Å²) < 4.78 is 0. The van der Waals surface area contributed by atoms with Gasteiger partial charge >= 0.3 is 0 Å². The zero-order chi connectivity index (χ0) is 13.1. The Morgan fingerprint density at radius 1 is 0.824 bits per heavy atom. The molecule has 0 N–H and O–H groups in total. The molecule has 0 nitrogen and oxygen atoms in total. The molecule has 3 aliphatic rings. The first-order valence-electron chi connectivity index (χ1n) is 7.49. The van der Waals surface area contributed by atoms with Crippen molar-refractivity contribution in [3.63, 3.8) is 0 Å². The van der Waals surface area contributed by atoms with Crippen LogP contribution in [0.4, 0.5) is 0 Å². The first-order chi connectivity index (χ1) is 7.49. The Morgan fingerprint density at radius 3 is 1.88 bits per heavy atom. The summed E-state index contributed by atoms with van der Waals surface area (Å²) in [5, 5.41) is 0. The fraction of sp³-hybridized carbons (Fsp3) is 1.00. The molecule has 0 aliphatic heterocycles. The van der Waals surface area contributed by atoms with Gasteiger partial charge in [-0.05, 0) is 51.8 Å². The highest BCUT2D eigenvalue weighted by atomic mass is 14.9. The van der Waals surface area contributed by atoms with Gasteiger partial charge in [-0.2, -0.15) is 0 Å². The summed E-state index contributed by atoms with van der Waals surface area (Å²) in [5.41, 5.74) is 2.72. The third kappa shape index (κ3) is 0.742. The molecule has 0 radical (unpaired) electrons. The highest BCUT2D eigenvalue weighted by Gasteiger charge is 2.86. The van der Waals surface area contributed by atoms with E-state index >= 15 is 0 Å². The second kappa shape index (κ2) is 2.49. The third-order valence-electron chi connectivity index (χ3n) is 9.33. The highest BCUT2D eigenvalue weighted by molar-refractivity contribution is 5.34. The first-order valence-corrected chi connectivity index (χ1v) is 7.49. The minimum atomic E-state index is 0.497. The quantitative estimate of drug-likeness (QED) is 0.545. The van der Waals surface area contributed by atoms with Gasteiger partial charge in [0.2, 0.25) is 0 Å². The molecule has 0 spiro atoms. The largest absolute Gasteiger partial charge is 0.0619 e. The maximum atomic E-state index is 2.61. The van der Waals surface area contributed by atoms with Crippen LogP contribution in [-0.4, -0.2) is 0 Å². The van der Waals surface area contributed by atoms with Crippen LogP contribution < -0.4 is 0 Å². The van der Waals surface area contributed by atoms with E-state index in [1.165, 1.54) is 12.8 Å². The molecule has 0 heterocycles. The summed E-state index contributed by atoms with van der Waals surface area (Å²) in [6.45, 7) is 20.5. The van der Waals surface area contributed by atoms with Gasteiger partial charge in [-0.25, -0.2) is 0 Å². The van der Waals surface area contributed by atoms with E-state index in [1.54, 1.807) is 0 Å². The van der Waals surface area contributed by atoms with Crippen molar-refractivity contribution < 1.29 is 0 Å². The number of hydrogen-bond acceptors (Lipinski definition) is 0. The first kappa shape index (κ1) is 12.1. The Balaban J connectivity index is 2.28. The molecule has 98 valence electrons. The monoisotopic (exact) mass is 234 g/mol. The zero-order valence-corrected chi connectivity index (χ0v) is 13.1. The predicted octanol–water partition coefficient (Wildman–Crippen LogP) is 5.13. The summed E-state index contributed by atoms with van der Waals surface area (Å²) in [4.78, 5) is 0. The third-order valence-corrected chi connectivity index (χ3v) is 9.33. The SMILES string of the molecule is CC1CC2(C)CC3(C)C(C)(C)C1(C)C3(C)C2C. The molecule has 3 aliphatic carbocycles. The molecule has 0 heteroatoms. The summed E-state index contributed by atoms with van der Waals surface area (Å²) in [6.07, 6.45) is 2.89. The van der Waals surface area contributed by atoms with E-state index in [0.717, 1.165) is 11.8 Å². The minimum Gasteiger partial charge on any atom is -0.0619 e. The average Bonchev–Trinajstić information content (AvgIpc) is 2.29. The molecule has 0 aromatic rings.